The molecular formula is C15H15NO3S2. The van der Waals surface area contributed by atoms with Crippen LogP contribution in [-0.2, 0) is 10.0 Å². The average Bonchev–Trinajstić information content (AvgIpc) is 3.22. The molecule has 1 aliphatic carbocycles. The Labute approximate surface area is 128 Å². The summed E-state index contributed by atoms with van der Waals surface area (Å²) in [5.74, 6) is 0.163. The number of benzene rings is 2. The average molecular weight is 321 g/mol. The predicted molar refractivity (Wildman–Crippen MR) is 82.0 cm³/mol. The van der Waals surface area contributed by atoms with Gasteiger partial charge in [-0.1, -0.05) is 30.0 Å². The number of sulfonamides is 1. The van der Waals surface area contributed by atoms with Gasteiger partial charge in [0.25, 0.3) is 0 Å². The van der Waals surface area contributed by atoms with E-state index >= 15 is 0 Å². The van der Waals surface area contributed by atoms with Gasteiger partial charge in [0, 0.05) is 15.8 Å². The molecule has 2 N–H and O–H groups in total. The van der Waals surface area contributed by atoms with Gasteiger partial charge in [-0.25, -0.2) is 13.1 Å². The Hall–Kier alpha value is -1.50. The molecule has 3 rings (SSSR count). The second kappa shape index (κ2) is 5.71. The molecule has 2 aromatic rings. The molecule has 0 heterocycles. The van der Waals surface area contributed by atoms with E-state index in [4.69, 9.17) is 0 Å². The SMILES string of the molecule is O=S(=O)(NC1CC1)c1ccccc1Sc1cccc(O)c1. The van der Waals surface area contributed by atoms with E-state index in [0.717, 1.165) is 17.7 Å². The third-order valence-corrected chi connectivity index (χ3v) is 5.86. The maximum Gasteiger partial charge on any atom is 0.241 e. The van der Waals surface area contributed by atoms with E-state index in [9.17, 15) is 13.5 Å². The normalized spacial score (nSPS) is 15.0. The molecule has 0 atom stereocenters. The molecule has 0 saturated heterocycles. The highest BCUT2D eigenvalue weighted by atomic mass is 32.2. The summed E-state index contributed by atoms with van der Waals surface area (Å²) in [5.41, 5.74) is 0. The maximum atomic E-state index is 12.4. The van der Waals surface area contributed by atoms with E-state index in [-0.39, 0.29) is 16.7 Å². The van der Waals surface area contributed by atoms with Gasteiger partial charge in [0.2, 0.25) is 10.0 Å². The van der Waals surface area contributed by atoms with Gasteiger partial charge in [0.1, 0.15) is 5.75 Å². The zero-order valence-electron chi connectivity index (χ0n) is 11.2. The van der Waals surface area contributed by atoms with Crippen LogP contribution in [0.25, 0.3) is 0 Å². The Balaban J connectivity index is 1.92. The minimum Gasteiger partial charge on any atom is -0.508 e. The zero-order valence-corrected chi connectivity index (χ0v) is 12.8. The Morgan fingerprint density at radius 2 is 1.86 bits per heavy atom. The van der Waals surface area contributed by atoms with Gasteiger partial charge in [0.05, 0.1) is 4.90 Å². The van der Waals surface area contributed by atoms with Crippen LogP contribution >= 0.6 is 11.8 Å². The first kappa shape index (κ1) is 14.4. The number of aromatic hydroxyl groups is 1. The van der Waals surface area contributed by atoms with Crippen molar-refractivity contribution in [3.63, 3.8) is 0 Å². The van der Waals surface area contributed by atoms with Crippen LogP contribution in [0, 0.1) is 0 Å². The molecule has 4 nitrogen and oxygen atoms in total. The van der Waals surface area contributed by atoms with Crippen LogP contribution in [0.15, 0.2) is 63.2 Å². The van der Waals surface area contributed by atoms with Crippen molar-refractivity contribution in [1.29, 1.82) is 0 Å². The summed E-state index contributed by atoms with van der Waals surface area (Å²) in [6, 6.07) is 13.7. The van der Waals surface area contributed by atoms with Gasteiger partial charge in [-0.3, -0.25) is 0 Å². The molecule has 6 heteroatoms. The quantitative estimate of drug-likeness (QED) is 0.888. The number of hydrogen-bond acceptors (Lipinski definition) is 4. The summed E-state index contributed by atoms with van der Waals surface area (Å²) in [4.78, 5) is 1.73. The summed E-state index contributed by atoms with van der Waals surface area (Å²) in [6.07, 6.45) is 1.81. The van der Waals surface area contributed by atoms with Crippen molar-refractivity contribution in [2.45, 2.75) is 33.6 Å². The molecule has 0 aromatic heterocycles. The van der Waals surface area contributed by atoms with E-state index in [1.807, 2.05) is 6.07 Å². The summed E-state index contributed by atoms with van der Waals surface area (Å²) in [6.45, 7) is 0. The van der Waals surface area contributed by atoms with Crippen molar-refractivity contribution in [2.24, 2.45) is 0 Å². The number of hydrogen-bond donors (Lipinski definition) is 2. The van der Waals surface area contributed by atoms with Crippen LogP contribution < -0.4 is 4.72 Å². The minimum absolute atomic E-state index is 0.0776. The van der Waals surface area contributed by atoms with E-state index < -0.39 is 10.0 Å². The molecule has 110 valence electrons. The van der Waals surface area contributed by atoms with Gasteiger partial charge < -0.3 is 5.11 Å². The van der Waals surface area contributed by atoms with Crippen molar-refractivity contribution in [3.8, 4) is 5.75 Å². The fraction of sp³-hybridized carbons (Fsp3) is 0.200. The first-order valence-corrected chi connectivity index (χ1v) is 8.93. The lowest BCUT2D eigenvalue weighted by molar-refractivity contribution is 0.474. The van der Waals surface area contributed by atoms with E-state index in [1.54, 1.807) is 42.5 Å². The summed E-state index contributed by atoms with van der Waals surface area (Å²) in [7, 11) is -3.49. The topological polar surface area (TPSA) is 66.4 Å². The van der Waals surface area contributed by atoms with Gasteiger partial charge in [-0.2, -0.15) is 0 Å². The van der Waals surface area contributed by atoms with Crippen molar-refractivity contribution in [2.75, 3.05) is 0 Å². The highest BCUT2D eigenvalue weighted by molar-refractivity contribution is 8.00. The molecule has 21 heavy (non-hydrogen) atoms. The third kappa shape index (κ3) is 3.58. The monoisotopic (exact) mass is 321 g/mol. The number of rotatable bonds is 5. The van der Waals surface area contributed by atoms with Crippen molar-refractivity contribution in [3.05, 3.63) is 48.5 Å². The highest BCUT2D eigenvalue weighted by Gasteiger charge is 2.29. The number of phenolic OH excluding ortho intramolecular Hbond substituents is 1. The molecule has 0 unspecified atom stereocenters. The molecule has 0 spiro atoms. The van der Waals surface area contributed by atoms with Crippen LogP contribution in [0.4, 0.5) is 0 Å². The molecule has 0 aliphatic heterocycles. The van der Waals surface area contributed by atoms with Crippen molar-refractivity contribution >= 4 is 21.8 Å². The van der Waals surface area contributed by atoms with Gasteiger partial charge in [0.15, 0.2) is 0 Å². The van der Waals surface area contributed by atoms with Gasteiger partial charge in [-0.15, -0.1) is 0 Å². The largest absolute Gasteiger partial charge is 0.508 e. The minimum atomic E-state index is -3.49. The maximum absolute atomic E-state index is 12.4. The smallest absolute Gasteiger partial charge is 0.241 e. The van der Waals surface area contributed by atoms with Gasteiger partial charge in [-0.05, 0) is 43.2 Å². The summed E-state index contributed by atoms with van der Waals surface area (Å²) < 4.78 is 27.5. The molecular weight excluding hydrogens is 306 g/mol. The Morgan fingerprint density at radius 3 is 2.57 bits per heavy atom. The van der Waals surface area contributed by atoms with Crippen molar-refractivity contribution in [1.82, 2.24) is 4.72 Å². The molecule has 0 bridgehead atoms. The molecule has 1 aliphatic rings. The van der Waals surface area contributed by atoms with Crippen LogP contribution in [-0.4, -0.2) is 19.6 Å². The Kier molecular flexibility index (Phi) is 3.93. The summed E-state index contributed by atoms with van der Waals surface area (Å²) >= 11 is 1.32. The number of phenols is 1. The summed E-state index contributed by atoms with van der Waals surface area (Å²) in [5, 5.41) is 9.50. The molecule has 1 saturated carbocycles. The van der Waals surface area contributed by atoms with E-state index in [0.29, 0.717) is 4.90 Å². The molecule has 1 fully saturated rings. The number of nitrogens with one attached hydrogen (secondary N) is 1. The molecule has 2 aromatic carbocycles. The van der Waals surface area contributed by atoms with E-state index in [2.05, 4.69) is 4.72 Å². The van der Waals surface area contributed by atoms with Crippen LogP contribution in [0.1, 0.15) is 12.8 Å². The fourth-order valence-corrected chi connectivity index (χ4v) is 4.66. The third-order valence-electron chi connectivity index (χ3n) is 3.08. The lowest BCUT2D eigenvalue weighted by Crippen LogP contribution is -2.26. The first-order chi connectivity index (χ1) is 10.0. The van der Waals surface area contributed by atoms with Crippen LogP contribution in [0.5, 0.6) is 5.75 Å². The second-order valence-electron chi connectivity index (χ2n) is 4.94. The van der Waals surface area contributed by atoms with Crippen molar-refractivity contribution < 1.29 is 13.5 Å². The van der Waals surface area contributed by atoms with E-state index in [1.165, 1.54) is 11.8 Å². The fourth-order valence-electron chi connectivity index (χ4n) is 1.91. The molecule has 0 radical (unpaired) electrons. The first-order valence-electron chi connectivity index (χ1n) is 6.63. The lowest BCUT2D eigenvalue weighted by atomic mass is 10.3. The second-order valence-corrected chi connectivity index (χ2v) is 7.74. The van der Waals surface area contributed by atoms with Crippen LogP contribution in [0.3, 0.4) is 0 Å². The van der Waals surface area contributed by atoms with Crippen LogP contribution in [0.2, 0.25) is 0 Å². The highest BCUT2D eigenvalue weighted by Crippen LogP contribution is 2.34. The zero-order chi connectivity index (χ0) is 14.9. The Morgan fingerprint density at radius 1 is 1.10 bits per heavy atom. The van der Waals surface area contributed by atoms with Gasteiger partial charge >= 0.3 is 0 Å². The Bertz CT molecular complexity index is 755. The lowest BCUT2D eigenvalue weighted by Gasteiger charge is -2.10. The predicted octanol–water partition coefficient (Wildman–Crippen LogP) is 2.98. The molecule has 0 amide bonds. The standard InChI is InChI=1S/C15H15NO3S2/c17-12-4-3-5-13(10-12)20-14-6-1-2-7-15(14)21(18,19)16-11-8-9-11/h1-7,10-11,16-17H,8-9H2.